The Bertz CT molecular complexity index is 221. The molecule has 1 aromatic heterocycles. The first kappa shape index (κ1) is 10.7. The van der Waals surface area contributed by atoms with Crippen LogP contribution < -0.4 is 5.32 Å². The number of aliphatic hydroxyl groups is 1. The first-order chi connectivity index (χ1) is 6.18. The van der Waals surface area contributed by atoms with Crippen LogP contribution in [0.3, 0.4) is 0 Å². The van der Waals surface area contributed by atoms with Gasteiger partial charge < -0.3 is 10.4 Å². The third-order valence-corrected chi connectivity index (χ3v) is 2.75. The van der Waals surface area contributed by atoms with E-state index in [4.69, 9.17) is 5.11 Å². The van der Waals surface area contributed by atoms with Crippen LogP contribution in [0, 0.1) is 0 Å². The van der Waals surface area contributed by atoms with Crippen molar-refractivity contribution < 1.29 is 5.11 Å². The van der Waals surface area contributed by atoms with Gasteiger partial charge in [0.25, 0.3) is 0 Å². The highest BCUT2D eigenvalue weighted by molar-refractivity contribution is 7.09. The first-order valence-electron chi connectivity index (χ1n) is 4.62. The lowest BCUT2D eigenvalue weighted by molar-refractivity contribution is 0.187. The predicted octanol–water partition coefficient (Wildman–Crippen LogP) is 1.65. The molecule has 0 amide bonds. The van der Waals surface area contributed by atoms with Crippen molar-refractivity contribution in [2.24, 2.45) is 0 Å². The Morgan fingerprint density at radius 2 is 2.31 bits per heavy atom. The van der Waals surface area contributed by atoms with Crippen LogP contribution in [-0.2, 0) is 6.42 Å². The molecule has 0 bridgehead atoms. The van der Waals surface area contributed by atoms with Gasteiger partial charge in [-0.05, 0) is 31.7 Å². The smallest absolute Gasteiger partial charge is 0.0636 e. The maximum Gasteiger partial charge on any atom is 0.0636 e. The molecule has 13 heavy (non-hydrogen) atoms. The van der Waals surface area contributed by atoms with Crippen molar-refractivity contribution in [1.29, 1.82) is 0 Å². The highest BCUT2D eigenvalue weighted by Crippen LogP contribution is 2.10. The van der Waals surface area contributed by atoms with E-state index in [1.54, 1.807) is 18.3 Å². The lowest BCUT2D eigenvalue weighted by Gasteiger charge is -2.13. The van der Waals surface area contributed by atoms with Crippen LogP contribution in [0.15, 0.2) is 17.5 Å². The Balaban J connectivity index is 2.22. The zero-order valence-electron chi connectivity index (χ0n) is 8.16. The molecule has 0 spiro atoms. The summed E-state index contributed by atoms with van der Waals surface area (Å²) in [7, 11) is 0. The molecule has 74 valence electrons. The predicted molar refractivity (Wildman–Crippen MR) is 57.2 cm³/mol. The average Bonchev–Trinajstić information content (AvgIpc) is 2.53. The number of aliphatic hydroxyl groups excluding tert-OH is 1. The number of hydrogen-bond donors (Lipinski definition) is 2. The Hall–Kier alpha value is -0.380. The molecule has 1 heterocycles. The maximum atomic E-state index is 9.07. The van der Waals surface area contributed by atoms with Crippen molar-refractivity contribution in [2.75, 3.05) is 6.54 Å². The molecule has 0 aliphatic rings. The van der Waals surface area contributed by atoms with Crippen LogP contribution in [0.25, 0.3) is 0 Å². The van der Waals surface area contributed by atoms with Crippen molar-refractivity contribution in [1.82, 2.24) is 5.32 Å². The fraction of sp³-hybridized carbons (Fsp3) is 0.600. The van der Waals surface area contributed by atoms with E-state index in [1.165, 1.54) is 4.88 Å². The topological polar surface area (TPSA) is 32.3 Å². The van der Waals surface area contributed by atoms with Crippen LogP contribution >= 0.6 is 11.3 Å². The minimum Gasteiger partial charge on any atom is -0.392 e. The van der Waals surface area contributed by atoms with Crippen molar-refractivity contribution in [2.45, 2.75) is 32.4 Å². The van der Waals surface area contributed by atoms with Gasteiger partial charge in [0.1, 0.15) is 0 Å². The number of rotatable bonds is 5. The summed E-state index contributed by atoms with van der Waals surface area (Å²) in [5.41, 5.74) is 0. The van der Waals surface area contributed by atoms with Gasteiger partial charge in [0.15, 0.2) is 0 Å². The minimum atomic E-state index is -0.259. The van der Waals surface area contributed by atoms with Gasteiger partial charge in [-0.25, -0.2) is 0 Å². The van der Waals surface area contributed by atoms with E-state index in [2.05, 4.69) is 29.8 Å². The molecular formula is C10H17NOS. The summed E-state index contributed by atoms with van der Waals surface area (Å²) < 4.78 is 0. The van der Waals surface area contributed by atoms with Crippen molar-refractivity contribution in [3.63, 3.8) is 0 Å². The molecule has 0 radical (unpaired) electrons. The van der Waals surface area contributed by atoms with Crippen LogP contribution in [0.2, 0.25) is 0 Å². The third-order valence-electron chi connectivity index (χ3n) is 1.85. The Kier molecular flexibility index (Phi) is 4.42. The van der Waals surface area contributed by atoms with E-state index in [0.29, 0.717) is 12.6 Å². The van der Waals surface area contributed by atoms with Crippen molar-refractivity contribution in [3.05, 3.63) is 22.4 Å². The third kappa shape index (κ3) is 4.41. The van der Waals surface area contributed by atoms with Crippen molar-refractivity contribution >= 4 is 11.3 Å². The number of nitrogens with one attached hydrogen (secondary N) is 1. The molecule has 3 heteroatoms. The van der Waals surface area contributed by atoms with Crippen LogP contribution in [0.5, 0.6) is 0 Å². The molecule has 2 N–H and O–H groups in total. The molecule has 0 aliphatic heterocycles. The molecule has 2 unspecified atom stereocenters. The maximum absolute atomic E-state index is 9.07. The number of thiophene rings is 1. The quantitative estimate of drug-likeness (QED) is 0.756. The van der Waals surface area contributed by atoms with Gasteiger partial charge in [-0.2, -0.15) is 0 Å². The van der Waals surface area contributed by atoms with Gasteiger partial charge in [-0.3, -0.25) is 0 Å². The van der Waals surface area contributed by atoms with Gasteiger partial charge in [-0.15, -0.1) is 11.3 Å². The van der Waals surface area contributed by atoms with Crippen molar-refractivity contribution in [3.8, 4) is 0 Å². The monoisotopic (exact) mass is 199 g/mol. The molecule has 1 rings (SSSR count). The molecule has 0 saturated heterocycles. The fourth-order valence-corrected chi connectivity index (χ4v) is 2.01. The van der Waals surface area contributed by atoms with Gasteiger partial charge in [-0.1, -0.05) is 6.07 Å². The first-order valence-corrected chi connectivity index (χ1v) is 5.50. The highest BCUT2D eigenvalue weighted by Gasteiger charge is 2.04. The van der Waals surface area contributed by atoms with Gasteiger partial charge in [0.05, 0.1) is 6.10 Å². The summed E-state index contributed by atoms with van der Waals surface area (Å²) in [6.07, 6.45) is 0.787. The van der Waals surface area contributed by atoms with Gasteiger partial charge >= 0.3 is 0 Å². The Morgan fingerprint density at radius 1 is 1.54 bits per heavy atom. The average molecular weight is 199 g/mol. The summed E-state index contributed by atoms with van der Waals surface area (Å²) in [5.74, 6) is 0. The minimum absolute atomic E-state index is 0.259. The second-order valence-corrected chi connectivity index (χ2v) is 4.47. The SMILES string of the molecule is CC(O)CNC(C)Cc1cccs1. The molecule has 0 fully saturated rings. The van der Waals surface area contributed by atoms with E-state index in [1.807, 2.05) is 0 Å². The fourth-order valence-electron chi connectivity index (χ4n) is 1.17. The summed E-state index contributed by atoms with van der Waals surface area (Å²) in [4.78, 5) is 1.39. The summed E-state index contributed by atoms with van der Waals surface area (Å²) in [6.45, 7) is 4.61. The molecule has 0 saturated carbocycles. The largest absolute Gasteiger partial charge is 0.392 e. The zero-order chi connectivity index (χ0) is 9.68. The second-order valence-electron chi connectivity index (χ2n) is 3.44. The van der Waals surface area contributed by atoms with Crippen LogP contribution in [0.1, 0.15) is 18.7 Å². The van der Waals surface area contributed by atoms with Gasteiger partial charge in [0, 0.05) is 17.5 Å². The lowest BCUT2D eigenvalue weighted by Crippen LogP contribution is -2.33. The molecular weight excluding hydrogens is 182 g/mol. The normalized spacial score (nSPS) is 15.6. The summed E-state index contributed by atoms with van der Waals surface area (Å²) in [5, 5.41) is 14.4. The number of hydrogen-bond acceptors (Lipinski definition) is 3. The zero-order valence-corrected chi connectivity index (χ0v) is 8.97. The van der Waals surface area contributed by atoms with Gasteiger partial charge in [0.2, 0.25) is 0 Å². The van der Waals surface area contributed by atoms with E-state index in [-0.39, 0.29) is 6.10 Å². The van der Waals surface area contributed by atoms with Crippen LogP contribution in [0.4, 0.5) is 0 Å². The lowest BCUT2D eigenvalue weighted by atomic mass is 10.2. The van der Waals surface area contributed by atoms with E-state index < -0.39 is 0 Å². The van der Waals surface area contributed by atoms with E-state index >= 15 is 0 Å². The molecule has 2 nitrogen and oxygen atoms in total. The molecule has 1 aromatic rings. The molecule has 0 aromatic carbocycles. The Morgan fingerprint density at radius 3 is 2.85 bits per heavy atom. The second kappa shape index (κ2) is 5.37. The molecule has 2 atom stereocenters. The summed E-state index contributed by atoms with van der Waals surface area (Å²) in [6, 6.07) is 4.65. The molecule has 0 aliphatic carbocycles. The standard InChI is InChI=1S/C10H17NOS/c1-8(11-7-9(2)12)6-10-4-3-5-13-10/h3-5,8-9,11-12H,6-7H2,1-2H3. The summed E-state index contributed by atoms with van der Waals surface area (Å²) >= 11 is 1.78. The van der Waals surface area contributed by atoms with Crippen LogP contribution in [-0.4, -0.2) is 23.8 Å². The Labute approximate surface area is 83.6 Å². The van der Waals surface area contributed by atoms with E-state index in [0.717, 1.165) is 6.42 Å². The highest BCUT2D eigenvalue weighted by atomic mass is 32.1. The van der Waals surface area contributed by atoms with E-state index in [9.17, 15) is 0 Å².